The van der Waals surface area contributed by atoms with Crippen molar-refractivity contribution in [2.75, 3.05) is 7.11 Å². The van der Waals surface area contributed by atoms with E-state index in [0.717, 1.165) is 17.5 Å². The quantitative estimate of drug-likeness (QED) is 0.850. The van der Waals surface area contributed by atoms with Crippen LogP contribution in [0.25, 0.3) is 0 Å². The van der Waals surface area contributed by atoms with E-state index in [9.17, 15) is 4.79 Å². The van der Waals surface area contributed by atoms with Gasteiger partial charge in [-0.25, -0.2) is 0 Å². The Balaban J connectivity index is 1.76. The van der Waals surface area contributed by atoms with Crippen molar-refractivity contribution >= 4 is 17.2 Å². The molecule has 0 radical (unpaired) electrons. The lowest BCUT2D eigenvalue weighted by Crippen LogP contribution is -2.23. The summed E-state index contributed by atoms with van der Waals surface area (Å²) < 4.78 is 5.10. The Morgan fingerprint density at radius 1 is 1.25 bits per heavy atom. The molecule has 0 saturated carbocycles. The molecule has 0 aliphatic heterocycles. The van der Waals surface area contributed by atoms with Gasteiger partial charge >= 0.3 is 0 Å². The van der Waals surface area contributed by atoms with Gasteiger partial charge in [-0.1, -0.05) is 24.3 Å². The second-order valence-corrected chi connectivity index (χ2v) is 5.44. The molecule has 1 aromatic carbocycles. The van der Waals surface area contributed by atoms with Crippen LogP contribution in [0.5, 0.6) is 0 Å². The fraction of sp³-hybridized carbons (Fsp3) is 0.312. The van der Waals surface area contributed by atoms with E-state index in [1.54, 1.807) is 18.4 Å². The Labute approximate surface area is 123 Å². The molecule has 4 heteroatoms. The molecule has 20 heavy (non-hydrogen) atoms. The first kappa shape index (κ1) is 14.8. The molecule has 1 amide bonds. The molecule has 0 aliphatic rings. The highest BCUT2D eigenvalue weighted by Gasteiger charge is 2.03. The molecule has 0 spiro atoms. The topological polar surface area (TPSA) is 38.3 Å². The van der Waals surface area contributed by atoms with E-state index in [4.69, 9.17) is 4.74 Å². The van der Waals surface area contributed by atoms with Gasteiger partial charge < -0.3 is 10.1 Å². The highest BCUT2D eigenvalue weighted by molar-refractivity contribution is 7.07. The fourth-order valence-electron chi connectivity index (χ4n) is 1.98. The first-order valence-corrected chi connectivity index (χ1v) is 7.57. The van der Waals surface area contributed by atoms with Gasteiger partial charge in [0.15, 0.2) is 0 Å². The second-order valence-electron chi connectivity index (χ2n) is 4.66. The van der Waals surface area contributed by atoms with Crippen LogP contribution >= 0.6 is 11.3 Å². The molecular formula is C16H19NO2S. The second kappa shape index (κ2) is 7.82. The van der Waals surface area contributed by atoms with Crippen molar-refractivity contribution < 1.29 is 9.53 Å². The maximum Gasteiger partial charge on any atom is 0.220 e. The zero-order chi connectivity index (χ0) is 14.2. The minimum Gasteiger partial charge on any atom is -0.380 e. The van der Waals surface area contributed by atoms with E-state index < -0.39 is 0 Å². The largest absolute Gasteiger partial charge is 0.380 e. The molecule has 0 aliphatic carbocycles. The van der Waals surface area contributed by atoms with Crippen molar-refractivity contribution in [2.24, 2.45) is 0 Å². The Hall–Kier alpha value is -1.65. The van der Waals surface area contributed by atoms with Crippen LogP contribution in [0.15, 0.2) is 41.1 Å². The van der Waals surface area contributed by atoms with Gasteiger partial charge in [-0.05, 0) is 39.9 Å². The predicted molar refractivity (Wildman–Crippen MR) is 81.6 cm³/mol. The van der Waals surface area contributed by atoms with E-state index in [0.29, 0.717) is 19.6 Å². The third kappa shape index (κ3) is 4.79. The third-order valence-corrected chi connectivity index (χ3v) is 3.74. The molecular weight excluding hydrogens is 270 g/mol. The smallest absolute Gasteiger partial charge is 0.220 e. The molecule has 1 N–H and O–H groups in total. The molecule has 3 nitrogen and oxygen atoms in total. The zero-order valence-electron chi connectivity index (χ0n) is 11.6. The molecule has 0 fully saturated rings. The number of thiophene rings is 1. The lowest BCUT2D eigenvalue weighted by Gasteiger charge is -2.07. The minimum atomic E-state index is 0.0911. The molecule has 2 rings (SSSR count). The van der Waals surface area contributed by atoms with Gasteiger partial charge in [0.1, 0.15) is 0 Å². The van der Waals surface area contributed by atoms with Crippen LogP contribution in [0.2, 0.25) is 0 Å². The zero-order valence-corrected chi connectivity index (χ0v) is 12.4. The van der Waals surface area contributed by atoms with Crippen molar-refractivity contribution in [1.82, 2.24) is 5.32 Å². The summed E-state index contributed by atoms with van der Waals surface area (Å²) in [5.74, 6) is 0.0911. The van der Waals surface area contributed by atoms with E-state index >= 15 is 0 Å². The van der Waals surface area contributed by atoms with E-state index in [1.807, 2.05) is 23.6 Å². The number of ether oxygens (including phenoxy) is 1. The van der Waals surface area contributed by atoms with Crippen LogP contribution in [0, 0.1) is 0 Å². The lowest BCUT2D eigenvalue weighted by atomic mass is 10.1. The van der Waals surface area contributed by atoms with Crippen LogP contribution in [0.3, 0.4) is 0 Å². The number of amides is 1. The molecule has 0 unspecified atom stereocenters. The highest BCUT2D eigenvalue weighted by atomic mass is 32.1. The van der Waals surface area contributed by atoms with E-state index in [-0.39, 0.29) is 5.91 Å². The maximum absolute atomic E-state index is 11.8. The van der Waals surface area contributed by atoms with Gasteiger partial charge in [-0.2, -0.15) is 11.3 Å². The van der Waals surface area contributed by atoms with Crippen LogP contribution < -0.4 is 5.32 Å². The summed E-state index contributed by atoms with van der Waals surface area (Å²) in [6.45, 7) is 1.17. The fourth-order valence-corrected chi connectivity index (χ4v) is 2.68. The van der Waals surface area contributed by atoms with Crippen LogP contribution in [0.4, 0.5) is 0 Å². The number of aryl methyl sites for hydroxylation is 1. The van der Waals surface area contributed by atoms with Crippen molar-refractivity contribution in [3.63, 3.8) is 0 Å². The van der Waals surface area contributed by atoms with Gasteiger partial charge in [0, 0.05) is 20.1 Å². The molecule has 0 saturated heterocycles. The normalized spacial score (nSPS) is 10.4. The number of nitrogens with one attached hydrogen (secondary N) is 1. The Morgan fingerprint density at radius 2 is 2.10 bits per heavy atom. The standard InChI is InChI=1S/C16H19NO2S/c1-19-11-15-4-2-3-14(9-15)10-17-16(18)6-5-13-7-8-20-12-13/h2-4,7-9,12H,5-6,10-11H2,1H3,(H,17,18). The number of hydrogen-bond donors (Lipinski definition) is 1. The van der Waals surface area contributed by atoms with Gasteiger partial charge in [-0.3, -0.25) is 4.79 Å². The van der Waals surface area contributed by atoms with Crippen molar-refractivity contribution in [3.8, 4) is 0 Å². The number of carbonyl (C=O) groups is 1. The molecule has 2 aromatic rings. The van der Waals surface area contributed by atoms with Crippen LogP contribution in [0.1, 0.15) is 23.1 Å². The number of rotatable bonds is 7. The maximum atomic E-state index is 11.8. The van der Waals surface area contributed by atoms with Crippen molar-refractivity contribution in [2.45, 2.75) is 26.0 Å². The van der Waals surface area contributed by atoms with Gasteiger partial charge in [0.2, 0.25) is 5.91 Å². The SMILES string of the molecule is COCc1cccc(CNC(=O)CCc2ccsc2)c1. The molecule has 106 valence electrons. The first-order chi connectivity index (χ1) is 9.78. The molecule has 0 atom stereocenters. The third-order valence-electron chi connectivity index (χ3n) is 3.01. The average Bonchev–Trinajstić information content (AvgIpc) is 2.97. The summed E-state index contributed by atoms with van der Waals surface area (Å²) >= 11 is 1.66. The van der Waals surface area contributed by atoms with Crippen LogP contribution in [-0.2, 0) is 29.1 Å². The first-order valence-electron chi connectivity index (χ1n) is 6.62. The Bertz CT molecular complexity index is 537. The Kier molecular flexibility index (Phi) is 5.77. The number of benzene rings is 1. The summed E-state index contributed by atoms with van der Waals surface area (Å²) in [4.78, 5) is 11.8. The minimum absolute atomic E-state index is 0.0911. The van der Waals surface area contributed by atoms with Gasteiger partial charge in [0.05, 0.1) is 6.61 Å². The number of hydrogen-bond acceptors (Lipinski definition) is 3. The number of carbonyl (C=O) groups excluding carboxylic acids is 1. The summed E-state index contributed by atoms with van der Waals surface area (Å²) in [5, 5.41) is 7.08. The van der Waals surface area contributed by atoms with E-state index in [1.165, 1.54) is 5.56 Å². The van der Waals surface area contributed by atoms with Crippen molar-refractivity contribution in [1.29, 1.82) is 0 Å². The molecule has 0 bridgehead atoms. The molecule has 1 heterocycles. The summed E-state index contributed by atoms with van der Waals surface area (Å²) in [6.07, 6.45) is 1.34. The average molecular weight is 289 g/mol. The van der Waals surface area contributed by atoms with Gasteiger partial charge in [0.25, 0.3) is 0 Å². The van der Waals surface area contributed by atoms with Crippen LogP contribution in [-0.4, -0.2) is 13.0 Å². The Morgan fingerprint density at radius 3 is 2.85 bits per heavy atom. The van der Waals surface area contributed by atoms with Crippen molar-refractivity contribution in [3.05, 3.63) is 57.8 Å². The lowest BCUT2D eigenvalue weighted by molar-refractivity contribution is -0.121. The predicted octanol–water partition coefficient (Wildman–Crippen LogP) is 3.14. The molecule has 1 aromatic heterocycles. The van der Waals surface area contributed by atoms with E-state index in [2.05, 4.69) is 22.8 Å². The summed E-state index contributed by atoms with van der Waals surface area (Å²) in [6, 6.07) is 10.1. The monoisotopic (exact) mass is 289 g/mol. The van der Waals surface area contributed by atoms with Gasteiger partial charge in [-0.15, -0.1) is 0 Å². The summed E-state index contributed by atoms with van der Waals surface area (Å²) in [7, 11) is 1.68. The number of methoxy groups -OCH3 is 1. The highest BCUT2D eigenvalue weighted by Crippen LogP contribution is 2.09. The summed E-state index contributed by atoms with van der Waals surface area (Å²) in [5.41, 5.74) is 3.45.